The fraction of sp³-hybridized carbons (Fsp3) is 0.200. The molecule has 0 aliphatic heterocycles. The maximum atomic E-state index is 5.93. The minimum absolute atomic E-state index is 0.345. The van der Waals surface area contributed by atoms with Crippen LogP contribution in [0.1, 0.15) is 5.82 Å². The topological polar surface area (TPSA) is 30.7 Å². The van der Waals surface area contributed by atoms with Gasteiger partial charge in [0.2, 0.25) is 0 Å². The van der Waals surface area contributed by atoms with E-state index in [1.807, 2.05) is 29.8 Å². The van der Waals surface area contributed by atoms with Crippen molar-refractivity contribution in [3.8, 4) is 11.4 Å². The second-order valence-electron chi connectivity index (χ2n) is 3.26. The largest absolute Gasteiger partial charge is 0.313 e. The minimum atomic E-state index is 0.345. The Bertz CT molecular complexity index is 525. The van der Waals surface area contributed by atoms with E-state index in [9.17, 15) is 0 Å². The molecule has 0 N–H and O–H groups in total. The number of rotatable bonds is 2. The molecule has 0 fully saturated rings. The van der Waals surface area contributed by atoms with Crippen molar-refractivity contribution in [2.24, 2.45) is 7.05 Å². The third-order valence-electron chi connectivity index (χ3n) is 2.26. The summed E-state index contributed by atoms with van der Waals surface area (Å²) in [5, 5.41) is 8.76. The van der Waals surface area contributed by atoms with Crippen LogP contribution in [-0.2, 0) is 12.9 Å². The predicted octanol–water partition coefficient (Wildman–Crippen LogP) is 3.64. The maximum Gasteiger partial charge on any atom is 0.163 e. The second-order valence-corrected chi connectivity index (χ2v) is 4.79. The number of halogens is 3. The first-order valence-corrected chi connectivity index (χ1v) is 6.23. The Balaban J connectivity index is 2.50. The summed E-state index contributed by atoms with van der Waals surface area (Å²) in [4.78, 5) is 0. The summed E-state index contributed by atoms with van der Waals surface area (Å²) in [6, 6.07) is 5.62. The molecule has 0 atom stereocenters. The van der Waals surface area contributed by atoms with Gasteiger partial charge in [0, 0.05) is 17.1 Å². The van der Waals surface area contributed by atoms with Gasteiger partial charge >= 0.3 is 0 Å². The molecular weight excluding hydrogens is 313 g/mol. The zero-order valence-electron chi connectivity index (χ0n) is 8.41. The Kier molecular flexibility index (Phi) is 3.52. The van der Waals surface area contributed by atoms with E-state index in [0.717, 1.165) is 21.7 Å². The molecule has 0 amide bonds. The van der Waals surface area contributed by atoms with Crippen LogP contribution in [-0.4, -0.2) is 14.8 Å². The van der Waals surface area contributed by atoms with Crippen LogP contribution in [0, 0.1) is 0 Å². The number of hydrogen-bond donors (Lipinski definition) is 0. The first-order chi connectivity index (χ1) is 7.63. The smallest absolute Gasteiger partial charge is 0.163 e. The number of alkyl halides is 1. The monoisotopic (exact) mass is 319 g/mol. The van der Waals surface area contributed by atoms with Gasteiger partial charge in [0.05, 0.1) is 10.9 Å². The third kappa shape index (κ3) is 2.10. The normalized spacial score (nSPS) is 10.8. The number of aromatic nitrogens is 3. The Morgan fingerprint density at radius 3 is 2.69 bits per heavy atom. The molecule has 3 nitrogen and oxygen atoms in total. The molecule has 84 valence electrons. The van der Waals surface area contributed by atoms with Gasteiger partial charge in [0.25, 0.3) is 0 Å². The number of nitrogens with zero attached hydrogens (tertiary/aromatic N) is 3. The average molecular weight is 321 g/mol. The van der Waals surface area contributed by atoms with Crippen molar-refractivity contribution < 1.29 is 0 Å². The van der Waals surface area contributed by atoms with Crippen LogP contribution >= 0.6 is 39.1 Å². The van der Waals surface area contributed by atoms with Gasteiger partial charge in [0.1, 0.15) is 5.82 Å². The summed E-state index contributed by atoms with van der Waals surface area (Å²) in [6.07, 6.45) is 0. The van der Waals surface area contributed by atoms with Gasteiger partial charge in [-0.3, -0.25) is 0 Å². The Hall–Kier alpha value is -0.580. The van der Waals surface area contributed by atoms with Crippen molar-refractivity contribution in [2.45, 2.75) is 5.88 Å². The van der Waals surface area contributed by atoms with Crippen molar-refractivity contribution in [1.29, 1.82) is 0 Å². The van der Waals surface area contributed by atoms with Gasteiger partial charge in [-0.15, -0.1) is 21.8 Å². The molecule has 0 saturated carbocycles. The van der Waals surface area contributed by atoms with Crippen LogP contribution < -0.4 is 0 Å². The SMILES string of the molecule is Cn1c(CCl)nnc1-c1ccc(Cl)c(Br)c1. The summed E-state index contributed by atoms with van der Waals surface area (Å²) in [5.41, 5.74) is 0.947. The van der Waals surface area contributed by atoms with Crippen LogP contribution in [0.4, 0.5) is 0 Å². The van der Waals surface area contributed by atoms with E-state index >= 15 is 0 Å². The van der Waals surface area contributed by atoms with Gasteiger partial charge in [-0.1, -0.05) is 11.6 Å². The van der Waals surface area contributed by atoms with Crippen LogP contribution in [0.5, 0.6) is 0 Å². The first kappa shape index (κ1) is 11.9. The lowest BCUT2D eigenvalue weighted by Crippen LogP contribution is -1.97. The molecule has 0 bridgehead atoms. The molecule has 1 aromatic carbocycles. The van der Waals surface area contributed by atoms with Crippen molar-refractivity contribution >= 4 is 39.1 Å². The lowest BCUT2D eigenvalue weighted by molar-refractivity contribution is 0.853. The van der Waals surface area contributed by atoms with E-state index in [1.54, 1.807) is 0 Å². The van der Waals surface area contributed by atoms with E-state index in [0.29, 0.717) is 10.9 Å². The zero-order valence-corrected chi connectivity index (χ0v) is 11.5. The highest BCUT2D eigenvalue weighted by Gasteiger charge is 2.10. The van der Waals surface area contributed by atoms with E-state index in [1.165, 1.54) is 0 Å². The molecule has 0 spiro atoms. The third-order valence-corrected chi connectivity index (χ3v) is 3.72. The van der Waals surface area contributed by atoms with Gasteiger partial charge < -0.3 is 4.57 Å². The molecule has 6 heteroatoms. The van der Waals surface area contributed by atoms with E-state index in [-0.39, 0.29) is 0 Å². The van der Waals surface area contributed by atoms with E-state index < -0.39 is 0 Å². The molecule has 0 unspecified atom stereocenters. The second kappa shape index (κ2) is 4.73. The molecule has 0 radical (unpaired) electrons. The molecule has 1 aromatic heterocycles. The molecule has 0 aliphatic rings. The molecule has 0 aliphatic carbocycles. The summed E-state index contributed by atoms with van der Waals surface area (Å²) < 4.78 is 2.70. The fourth-order valence-corrected chi connectivity index (χ4v) is 2.09. The molecule has 2 aromatic rings. The Morgan fingerprint density at radius 2 is 2.12 bits per heavy atom. The Morgan fingerprint density at radius 1 is 1.38 bits per heavy atom. The Labute approximate surface area is 112 Å². The quantitative estimate of drug-likeness (QED) is 0.791. The minimum Gasteiger partial charge on any atom is -0.313 e. The lowest BCUT2D eigenvalue weighted by atomic mass is 10.2. The van der Waals surface area contributed by atoms with Crippen molar-refractivity contribution in [3.05, 3.63) is 33.5 Å². The van der Waals surface area contributed by atoms with Gasteiger partial charge in [0.15, 0.2) is 5.82 Å². The lowest BCUT2D eigenvalue weighted by Gasteiger charge is -2.03. The molecule has 1 heterocycles. The number of hydrogen-bond acceptors (Lipinski definition) is 2. The van der Waals surface area contributed by atoms with Crippen LogP contribution in [0.2, 0.25) is 5.02 Å². The average Bonchev–Trinajstić information content (AvgIpc) is 2.64. The molecular formula is C10H8BrCl2N3. The van der Waals surface area contributed by atoms with Crippen LogP contribution in [0.15, 0.2) is 22.7 Å². The number of benzene rings is 1. The standard InChI is InChI=1S/C10H8BrCl2N3/c1-16-9(5-12)14-15-10(16)6-2-3-8(13)7(11)4-6/h2-4H,5H2,1H3. The molecule has 0 saturated heterocycles. The highest BCUT2D eigenvalue weighted by Crippen LogP contribution is 2.28. The molecule has 16 heavy (non-hydrogen) atoms. The van der Waals surface area contributed by atoms with Crippen molar-refractivity contribution in [3.63, 3.8) is 0 Å². The van der Waals surface area contributed by atoms with Crippen LogP contribution in [0.25, 0.3) is 11.4 Å². The van der Waals surface area contributed by atoms with Gasteiger partial charge in [-0.05, 0) is 34.1 Å². The highest BCUT2D eigenvalue weighted by molar-refractivity contribution is 9.10. The van der Waals surface area contributed by atoms with Gasteiger partial charge in [-0.25, -0.2) is 0 Å². The maximum absolute atomic E-state index is 5.93. The first-order valence-electron chi connectivity index (χ1n) is 4.53. The predicted molar refractivity (Wildman–Crippen MR) is 68.7 cm³/mol. The summed E-state index contributed by atoms with van der Waals surface area (Å²) in [5.74, 6) is 1.86. The van der Waals surface area contributed by atoms with E-state index in [4.69, 9.17) is 23.2 Å². The van der Waals surface area contributed by atoms with Crippen LogP contribution in [0.3, 0.4) is 0 Å². The van der Waals surface area contributed by atoms with E-state index in [2.05, 4.69) is 26.1 Å². The fourth-order valence-electron chi connectivity index (χ4n) is 1.36. The van der Waals surface area contributed by atoms with Crippen molar-refractivity contribution in [2.75, 3.05) is 0 Å². The van der Waals surface area contributed by atoms with Gasteiger partial charge in [-0.2, -0.15) is 0 Å². The van der Waals surface area contributed by atoms with Crippen molar-refractivity contribution in [1.82, 2.24) is 14.8 Å². The zero-order chi connectivity index (χ0) is 11.7. The molecule has 2 rings (SSSR count). The highest BCUT2D eigenvalue weighted by atomic mass is 79.9. The summed E-state index contributed by atoms with van der Waals surface area (Å²) in [6.45, 7) is 0. The summed E-state index contributed by atoms with van der Waals surface area (Å²) in [7, 11) is 1.88. The summed E-state index contributed by atoms with van der Waals surface area (Å²) >= 11 is 15.0.